The van der Waals surface area contributed by atoms with Gasteiger partial charge in [0, 0.05) is 18.3 Å². The summed E-state index contributed by atoms with van der Waals surface area (Å²) >= 11 is 0. The highest BCUT2D eigenvalue weighted by Gasteiger charge is 2.56. The molecule has 0 spiro atoms. The number of nitrogens with one attached hydrogen (secondary N) is 1. The Kier molecular flexibility index (Phi) is 7.27. The highest BCUT2D eigenvalue weighted by atomic mass is 31.2. The summed E-state index contributed by atoms with van der Waals surface area (Å²) < 4.78 is 53.0. The maximum Gasteiger partial charge on any atom is 0.406 e. The maximum atomic E-state index is 15.8. The Morgan fingerprint density at radius 3 is 2.85 bits per heavy atom. The Hall–Kier alpha value is -3.27. The van der Waals surface area contributed by atoms with E-state index < -0.39 is 44.4 Å². The number of esters is 1. The monoisotopic (exact) mass is 580 g/mol. The lowest BCUT2D eigenvalue weighted by atomic mass is 9.98. The van der Waals surface area contributed by atoms with Gasteiger partial charge in [0.15, 0.2) is 29.1 Å². The molecule has 0 amide bonds. The van der Waals surface area contributed by atoms with Crippen molar-refractivity contribution in [1.29, 1.82) is 0 Å². The number of anilines is 2. The molecule has 17 heteroatoms. The van der Waals surface area contributed by atoms with Crippen molar-refractivity contribution >= 4 is 36.6 Å². The van der Waals surface area contributed by atoms with Gasteiger partial charge in [-0.25, -0.2) is 19.0 Å². The number of ether oxygens (including phenoxy) is 2. The minimum atomic E-state index is -3.99. The Labute approximate surface area is 228 Å². The summed E-state index contributed by atoms with van der Waals surface area (Å²) in [6, 6.07) is 0. The third kappa shape index (κ3) is 5.02. The standard InChI is InChI=1S/C23H30FN8O7P/c1-10(2)20(34)39-16-11(3)27-5-12-6-29-40(35,36-7-13(12)16)37-8-14-17(33)23(4,24)21(38-14)32-9-28-15-18(25)30-22(26)31-19(15)32/h5,9-10,14,17,21,33H,6-8H2,1-4H3,(H,29,35)(H4,25,26,30,31)/t14-,17+,21-,23+,40?/m1/s1. The fraction of sp³-hybridized carbons (Fsp3) is 0.522. The highest BCUT2D eigenvalue weighted by molar-refractivity contribution is 7.51. The van der Waals surface area contributed by atoms with E-state index >= 15 is 4.39 Å². The molecule has 216 valence electrons. The van der Waals surface area contributed by atoms with Crippen LogP contribution < -0.4 is 21.3 Å². The third-order valence-electron chi connectivity index (χ3n) is 6.76. The molecular formula is C23H30FN8O7P. The molecule has 1 fully saturated rings. The number of aliphatic hydroxyl groups excluding tert-OH is 1. The van der Waals surface area contributed by atoms with Gasteiger partial charge in [0.1, 0.15) is 17.7 Å². The normalized spacial score (nSPS) is 28.5. The van der Waals surface area contributed by atoms with Crippen LogP contribution in [-0.4, -0.2) is 60.1 Å². The number of hydrogen-bond acceptors (Lipinski definition) is 13. The number of hydrogen-bond donors (Lipinski definition) is 4. The lowest BCUT2D eigenvalue weighted by Crippen LogP contribution is -2.40. The van der Waals surface area contributed by atoms with E-state index in [-0.39, 0.29) is 47.7 Å². The molecule has 6 N–H and O–H groups in total. The number of carbonyl (C=O) groups is 1. The summed E-state index contributed by atoms with van der Waals surface area (Å²) in [5.41, 5.74) is 11.1. The number of aliphatic hydroxyl groups is 1. The van der Waals surface area contributed by atoms with Crippen LogP contribution in [0.3, 0.4) is 0 Å². The molecule has 0 bridgehead atoms. The van der Waals surface area contributed by atoms with Crippen LogP contribution in [0.2, 0.25) is 0 Å². The molecule has 3 aromatic heterocycles. The summed E-state index contributed by atoms with van der Waals surface area (Å²) in [6.07, 6.45) is -1.51. The Morgan fingerprint density at radius 1 is 1.38 bits per heavy atom. The fourth-order valence-corrected chi connectivity index (χ4v) is 5.71. The average Bonchev–Trinajstić information content (AvgIpc) is 3.33. The zero-order chi connectivity index (χ0) is 29.0. The van der Waals surface area contributed by atoms with E-state index in [9.17, 15) is 14.5 Å². The summed E-state index contributed by atoms with van der Waals surface area (Å²) in [4.78, 5) is 28.5. The molecule has 1 unspecified atom stereocenters. The first-order chi connectivity index (χ1) is 18.8. The number of fused-ring (bicyclic) bond motifs is 2. The number of alkyl halides is 1. The van der Waals surface area contributed by atoms with Gasteiger partial charge in [0.05, 0.1) is 31.2 Å². The van der Waals surface area contributed by atoms with Crippen molar-refractivity contribution in [3.63, 3.8) is 0 Å². The molecule has 40 heavy (non-hydrogen) atoms. The van der Waals surface area contributed by atoms with Crippen molar-refractivity contribution in [1.82, 2.24) is 29.6 Å². The van der Waals surface area contributed by atoms with Gasteiger partial charge in [-0.3, -0.25) is 23.4 Å². The quantitative estimate of drug-likeness (QED) is 0.241. The zero-order valence-electron chi connectivity index (χ0n) is 22.2. The van der Waals surface area contributed by atoms with E-state index in [1.807, 2.05) is 0 Å². The van der Waals surface area contributed by atoms with Crippen molar-refractivity contribution in [2.45, 2.75) is 65.0 Å². The van der Waals surface area contributed by atoms with Crippen LogP contribution in [0.25, 0.3) is 11.2 Å². The number of rotatable bonds is 6. The second-order valence-corrected chi connectivity index (χ2v) is 11.9. The summed E-state index contributed by atoms with van der Waals surface area (Å²) in [5.74, 6) is -0.736. The van der Waals surface area contributed by atoms with Crippen LogP contribution in [0.4, 0.5) is 16.2 Å². The Morgan fingerprint density at radius 2 is 2.12 bits per heavy atom. The molecule has 0 saturated carbocycles. The summed E-state index contributed by atoms with van der Waals surface area (Å²) in [5, 5.41) is 13.5. The Bertz CT molecular complexity index is 1520. The molecule has 5 heterocycles. The number of nitrogens with two attached hydrogens (primary N) is 2. The summed E-state index contributed by atoms with van der Waals surface area (Å²) in [6.45, 7) is 5.55. The van der Waals surface area contributed by atoms with Gasteiger partial charge in [-0.15, -0.1) is 0 Å². The Balaban J connectivity index is 1.31. The highest BCUT2D eigenvalue weighted by Crippen LogP contribution is 2.50. The van der Waals surface area contributed by atoms with Gasteiger partial charge in [-0.1, -0.05) is 13.8 Å². The number of nitrogens with zero attached hydrogens (tertiary/aromatic N) is 5. The van der Waals surface area contributed by atoms with E-state index in [0.29, 0.717) is 16.8 Å². The first-order valence-electron chi connectivity index (χ1n) is 12.4. The van der Waals surface area contributed by atoms with Gasteiger partial charge >= 0.3 is 13.7 Å². The molecule has 2 aliphatic rings. The first kappa shape index (κ1) is 28.3. The molecule has 15 nitrogen and oxygen atoms in total. The lowest BCUT2D eigenvalue weighted by molar-refractivity contribution is -0.137. The number of pyridine rings is 1. The minimum absolute atomic E-state index is 0.00319. The minimum Gasteiger partial charge on any atom is -0.424 e. The molecule has 2 aliphatic heterocycles. The van der Waals surface area contributed by atoms with E-state index in [1.54, 1.807) is 27.0 Å². The van der Waals surface area contributed by atoms with Crippen LogP contribution in [-0.2, 0) is 36.3 Å². The van der Waals surface area contributed by atoms with Crippen molar-refractivity contribution in [2.75, 3.05) is 18.1 Å². The predicted molar refractivity (Wildman–Crippen MR) is 138 cm³/mol. The molecule has 3 aromatic rings. The van der Waals surface area contributed by atoms with Crippen LogP contribution in [0.15, 0.2) is 12.5 Å². The van der Waals surface area contributed by atoms with Gasteiger partial charge in [0.2, 0.25) is 5.95 Å². The van der Waals surface area contributed by atoms with E-state index in [4.69, 9.17) is 30.0 Å². The van der Waals surface area contributed by atoms with E-state index in [2.05, 4.69) is 25.0 Å². The van der Waals surface area contributed by atoms with Crippen LogP contribution in [0.5, 0.6) is 5.75 Å². The summed E-state index contributed by atoms with van der Waals surface area (Å²) in [7, 11) is -3.99. The lowest BCUT2D eigenvalue weighted by Gasteiger charge is -2.24. The van der Waals surface area contributed by atoms with Crippen molar-refractivity contribution < 1.29 is 37.4 Å². The predicted octanol–water partition coefficient (Wildman–Crippen LogP) is 1.69. The van der Waals surface area contributed by atoms with Gasteiger partial charge in [-0.2, -0.15) is 9.97 Å². The van der Waals surface area contributed by atoms with Crippen LogP contribution in [0, 0.1) is 12.8 Å². The second-order valence-electron chi connectivity index (χ2n) is 10.1. The van der Waals surface area contributed by atoms with Crippen LogP contribution >= 0.6 is 7.75 Å². The number of carbonyl (C=O) groups excluding carboxylic acids is 1. The molecule has 5 rings (SSSR count). The molecule has 0 radical (unpaired) electrons. The average molecular weight is 581 g/mol. The van der Waals surface area contributed by atoms with Crippen molar-refractivity contribution in [2.24, 2.45) is 5.92 Å². The number of aryl methyl sites for hydroxylation is 1. The number of nitrogen functional groups attached to an aromatic ring is 2. The zero-order valence-corrected chi connectivity index (χ0v) is 23.1. The molecule has 1 saturated heterocycles. The number of imidazole rings is 1. The van der Waals surface area contributed by atoms with Gasteiger partial charge in [0.25, 0.3) is 0 Å². The smallest absolute Gasteiger partial charge is 0.406 e. The number of halogens is 1. The van der Waals surface area contributed by atoms with Crippen molar-refractivity contribution in [3.05, 3.63) is 29.3 Å². The molecule has 5 atom stereocenters. The van der Waals surface area contributed by atoms with E-state index in [1.165, 1.54) is 10.9 Å². The number of aromatic nitrogens is 5. The first-order valence-corrected chi connectivity index (χ1v) is 14.0. The van der Waals surface area contributed by atoms with Gasteiger partial charge < -0.3 is 26.0 Å². The second kappa shape index (κ2) is 10.3. The molecule has 0 aromatic carbocycles. The largest absolute Gasteiger partial charge is 0.424 e. The van der Waals surface area contributed by atoms with Gasteiger partial charge in [-0.05, 0) is 19.4 Å². The topological polar surface area (TPSA) is 212 Å². The van der Waals surface area contributed by atoms with Crippen LogP contribution in [0.1, 0.15) is 43.8 Å². The fourth-order valence-electron chi connectivity index (χ4n) is 4.45. The molecule has 0 aliphatic carbocycles. The van der Waals surface area contributed by atoms with E-state index in [0.717, 1.165) is 6.92 Å². The third-order valence-corrected chi connectivity index (χ3v) is 8.27. The van der Waals surface area contributed by atoms with Crippen molar-refractivity contribution in [3.8, 4) is 5.75 Å². The SMILES string of the molecule is Cc1ncc2c(c1OC(=O)C(C)C)COP(=O)(OC[C@H]1O[C@@H](n3cnc4c(N)nc(N)nc43)[C@@](C)(F)[C@H]1O)NC2. The maximum absolute atomic E-state index is 15.8. The molecular weight excluding hydrogens is 550 g/mol.